The van der Waals surface area contributed by atoms with E-state index in [0.29, 0.717) is 5.69 Å². The van der Waals surface area contributed by atoms with Gasteiger partial charge in [0.2, 0.25) is 11.9 Å². The van der Waals surface area contributed by atoms with E-state index in [1.807, 2.05) is 12.1 Å². The highest BCUT2D eigenvalue weighted by Gasteiger charge is 2.05. The molecule has 0 fully saturated rings. The number of hydrogen-bond donors (Lipinski definition) is 2. The lowest BCUT2D eigenvalue weighted by Gasteiger charge is -2.06. The number of nitrogens with one attached hydrogen (secondary N) is 1. The molecule has 0 radical (unpaired) electrons. The molecule has 9 nitrogen and oxygen atoms in total. The van der Waals surface area contributed by atoms with Crippen molar-refractivity contribution in [2.24, 2.45) is 0 Å². The number of hydrogen-bond acceptors (Lipinski definition) is 6. The van der Waals surface area contributed by atoms with Gasteiger partial charge in [0, 0.05) is 5.69 Å². The molecule has 3 rings (SSSR count). The summed E-state index contributed by atoms with van der Waals surface area (Å²) in [6.45, 7) is 0.0506. The van der Waals surface area contributed by atoms with Gasteiger partial charge >= 0.3 is 0 Å². The zero-order valence-corrected chi connectivity index (χ0v) is 10.9. The Bertz CT molecular complexity index is 731. The molecule has 21 heavy (non-hydrogen) atoms. The lowest BCUT2D eigenvalue weighted by Crippen LogP contribution is -2.19. The van der Waals surface area contributed by atoms with Crippen LogP contribution in [-0.4, -0.2) is 35.4 Å². The van der Waals surface area contributed by atoms with E-state index >= 15 is 0 Å². The van der Waals surface area contributed by atoms with E-state index in [1.165, 1.54) is 17.3 Å². The molecule has 2 heterocycles. The van der Waals surface area contributed by atoms with E-state index in [-0.39, 0.29) is 18.4 Å². The number of aromatic nitrogens is 6. The minimum Gasteiger partial charge on any atom is -0.367 e. The number of benzene rings is 1. The second-order valence-electron chi connectivity index (χ2n) is 4.24. The zero-order chi connectivity index (χ0) is 14.7. The average molecular weight is 284 g/mol. The van der Waals surface area contributed by atoms with Gasteiger partial charge in [-0.2, -0.15) is 5.10 Å². The highest BCUT2D eigenvalue weighted by molar-refractivity contribution is 5.90. The lowest BCUT2D eigenvalue weighted by atomic mass is 10.3. The Balaban J connectivity index is 1.63. The average Bonchev–Trinajstić information content (AvgIpc) is 3.11. The number of carbonyl (C=O) groups excluding carboxylic acids is 1. The van der Waals surface area contributed by atoms with Crippen LogP contribution in [0.1, 0.15) is 0 Å². The highest BCUT2D eigenvalue weighted by Crippen LogP contribution is 2.12. The quantitative estimate of drug-likeness (QED) is 0.700. The number of anilines is 2. The van der Waals surface area contributed by atoms with Gasteiger partial charge in [0.25, 0.3) is 0 Å². The molecule has 1 aromatic carbocycles. The van der Waals surface area contributed by atoms with Crippen LogP contribution in [0.3, 0.4) is 0 Å². The predicted octanol–water partition coefficient (Wildman–Crippen LogP) is 0.0797. The minimum atomic E-state index is -0.214. The Hall–Kier alpha value is -3.23. The van der Waals surface area contributed by atoms with E-state index in [9.17, 15) is 4.79 Å². The van der Waals surface area contributed by atoms with Gasteiger partial charge in [0.15, 0.2) is 0 Å². The van der Waals surface area contributed by atoms with Crippen LogP contribution in [0.15, 0.2) is 43.2 Å². The molecule has 9 heteroatoms. The third kappa shape index (κ3) is 3.03. The topological polar surface area (TPSA) is 117 Å². The first-order valence-corrected chi connectivity index (χ1v) is 6.10. The van der Waals surface area contributed by atoms with Gasteiger partial charge in [-0.1, -0.05) is 0 Å². The van der Waals surface area contributed by atoms with Crippen LogP contribution in [-0.2, 0) is 11.3 Å². The molecule has 3 aromatic rings. The van der Waals surface area contributed by atoms with Crippen LogP contribution in [0.2, 0.25) is 0 Å². The number of rotatable bonds is 4. The van der Waals surface area contributed by atoms with Gasteiger partial charge in [-0.05, 0) is 24.3 Å². The first-order valence-electron chi connectivity index (χ1n) is 6.10. The Kier molecular flexibility index (Phi) is 3.29. The Labute approximate surface area is 119 Å². The molecule has 0 atom stereocenters. The van der Waals surface area contributed by atoms with Crippen molar-refractivity contribution in [1.29, 1.82) is 0 Å². The van der Waals surface area contributed by atoms with Crippen LogP contribution < -0.4 is 11.1 Å². The third-order valence-electron chi connectivity index (χ3n) is 2.69. The third-order valence-corrected chi connectivity index (χ3v) is 2.69. The van der Waals surface area contributed by atoms with E-state index in [2.05, 4.69) is 25.5 Å². The summed E-state index contributed by atoms with van der Waals surface area (Å²) in [6, 6.07) is 7.23. The van der Waals surface area contributed by atoms with Gasteiger partial charge in [-0.3, -0.25) is 4.79 Å². The Morgan fingerprint density at radius 1 is 1.24 bits per heavy atom. The predicted molar refractivity (Wildman–Crippen MR) is 74.4 cm³/mol. The van der Waals surface area contributed by atoms with Crippen molar-refractivity contribution in [2.45, 2.75) is 6.54 Å². The second kappa shape index (κ2) is 5.41. The van der Waals surface area contributed by atoms with Gasteiger partial charge in [0.1, 0.15) is 25.5 Å². The van der Waals surface area contributed by atoms with Crippen molar-refractivity contribution in [1.82, 2.24) is 29.5 Å². The molecular weight excluding hydrogens is 272 g/mol. The number of carbonyl (C=O) groups is 1. The van der Waals surface area contributed by atoms with Crippen LogP contribution in [0.4, 0.5) is 11.6 Å². The molecule has 2 aromatic heterocycles. The molecule has 0 saturated heterocycles. The fourth-order valence-electron chi connectivity index (χ4n) is 1.77. The van der Waals surface area contributed by atoms with E-state index in [1.54, 1.807) is 23.1 Å². The molecule has 0 aliphatic heterocycles. The van der Waals surface area contributed by atoms with Gasteiger partial charge in [0.05, 0.1) is 5.69 Å². The summed E-state index contributed by atoms with van der Waals surface area (Å²) < 4.78 is 3.00. The highest BCUT2D eigenvalue weighted by atomic mass is 16.2. The largest absolute Gasteiger partial charge is 0.367 e. The number of amides is 1. The monoisotopic (exact) mass is 284 g/mol. The maximum atomic E-state index is 11.8. The number of nitrogens with two attached hydrogens (primary N) is 1. The van der Waals surface area contributed by atoms with Crippen LogP contribution in [0, 0.1) is 0 Å². The summed E-state index contributed by atoms with van der Waals surface area (Å²) >= 11 is 0. The standard InChI is InChI=1S/C12H12N8O/c13-12-15-8-19(18-12)5-11(21)17-9-1-3-10(4-2-9)20-7-14-6-16-20/h1-4,6-8H,5H2,(H2,13,18)(H,17,21). The molecule has 0 saturated carbocycles. The van der Waals surface area contributed by atoms with E-state index < -0.39 is 0 Å². The van der Waals surface area contributed by atoms with Gasteiger partial charge < -0.3 is 11.1 Å². The van der Waals surface area contributed by atoms with Crippen molar-refractivity contribution in [2.75, 3.05) is 11.1 Å². The Morgan fingerprint density at radius 3 is 2.67 bits per heavy atom. The molecule has 0 unspecified atom stereocenters. The molecule has 106 valence electrons. The number of nitrogen functional groups attached to an aromatic ring is 1. The summed E-state index contributed by atoms with van der Waals surface area (Å²) in [4.78, 5) is 19.5. The van der Waals surface area contributed by atoms with Gasteiger partial charge in [-0.25, -0.2) is 19.3 Å². The summed E-state index contributed by atoms with van der Waals surface area (Å²) in [7, 11) is 0. The second-order valence-corrected chi connectivity index (χ2v) is 4.24. The smallest absolute Gasteiger partial charge is 0.246 e. The maximum absolute atomic E-state index is 11.8. The molecular formula is C12H12N8O. The summed E-state index contributed by atoms with van der Waals surface area (Å²) in [5.41, 5.74) is 6.92. The first-order chi connectivity index (χ1) is 10.2. The van der Waals surface area contributed by atoms with Crippen molar-refractivity contribution in [3.63, 3.8) is 0 Å². The van der Waals surface area contributed by atoms with Gasteiger partial charge in [-0.15, -0.1) is 5.10 Å². The molecule has 3 N–H and O–H groups in total. The van der Waals surface area contributed by atoms with E-state index in [4.69, 9.17) is 5.73 Å². The lowest BCUT2D eigenvalue weighted by molar-refractivity contribution is -0.116. The number of nitrogens with zero attached hydrogens (tertiary/aromatic N) is 6. The van der Waals surface area contributed by atoms with Crippen LogP contribution in [0.25, 0.3) is 5.69 Å². The normalized spacial score (nSPS) is 10.5. The molecule has 1 amide bonds. The fourth-order valence-corrected chi connectivity index (χ4v) is 1.77. The van der Waals surface area contributed by atoms with Crippen molar-refractivity contribution in [3.05, 3.63) is 43.2 Å². The zero-order valence-electron chi connectivity index (χ0n) is 10.9. The minimum absolute atomic E-state index is 0.0506. The summed E-state index contributed by atoms with van der Waals surface area (Å²) in [5, 5.41) is 10.6. The Morgan fingerprint density at radius 2 is 2.05 bits per heavy atom. The maximum Gasteiger partial charge on any atom is 0.246 e. The van der Waals surface area contributed by atoms with E-state index in [0.717, 1.165) is 5.69 Å². The summed E-state index contributed by atoms with van der Waals surface area (Å²) in [5.74, 6) is -0.0756. The SMILES string of the molecule is Nc1ncn(CC(=O)Nc2ccc(-n3cncn3)cc2)n1. The van der Waals surface area contributed by atoms with Crippen molar-refractivity contribution >= 4 is 17.5 Å². The summed E-state index contributed by atoms with van der Waals surface area (Å²) in [6.07, 6.45) is 4.46. The molecule has 0 bridgehead atoms. The molecule has 0 spiro atoms. The van der Waals surface area contributed by atoms with Crippen molar-refractivity contribution < 1.29 is 4.79 Å². The molecule has 0 aliphatic rings. The van der Waals surface area contributed by atoms with Crippen LogP contribution in [0.5, 0.6) is 0 Å². The first kappa shape index (κ1) is 12.8. The fraction of sp³-hybridized carbons (Fsp3) is 0.0833. The van der Waals surface area contributed by atoms with Crippen molar-refractivity contribution in [3.8, 4) is 5.69 Å². The van der Waals surface area contributed by atoms with Crippen LogP contribution >= 0.6 is 0 Å². The molecule has 0 aliphatic carbocycles.